The van der Waals surface area contributed by atoms with Crippen molar-refractivity contribution < 1.29 is 4.74 Å². The van der Waals surface area contributed by atoms with E-state index in [1.807, 2.05) is 42.5 Å². The van der Waals surface area contributed by atoms with Gasteiger partial charge in [-0.25, -0.2) is 9.97 Å². The second-order valence-electron chi connectivity index (χ2n) is 7.28. The monoisotopic (exact) mass is 390 g/mol. The Bertz CT molecular complexity index is 869. The summed E-state index contributed by atoms with van der Waals surface area (Å²) < 4.78 is 5.15. The summed E-state index contributed by atoms with van der Waals surface area (Å²) in [5, 5.41) is 3.43. The number of nitrogens with one attached hydrogen (secondary N) is 1. The highest BCUT2D eigenvalue weighted by Gasteiger charge is 2.16. The van der Waals surface area contributed by atoms with Crippen LogP contribution in [0, 0.1) is 0 Å². The zero-order valence-corrected chi connectivity index (χ0v) is 17.5. The molecule has 2 aromatic carbocycles. The first kappa shape index (κ1) is 20.8. The zero-order valence-electron chi connectivity index (χ0n) is 17.5. The Labute approximate surface area is 173 Å². The summed E-state index contributed by atoms with van der Waals surface area (Å²) in [5.41, 5.74) is 2.27. The van der Waals surface area contributed by atoms with Gasteiger partial charge in [0.25, 0.3) is 0 Å². The van der Waals surface area contributed by atoms with E-state index in [2.05, 4.69) is 48.3 Å². The predicted molar refractivity (Wildman–Crippen MR) is 120 cm³/mol. The van der Waals surface area contributed by atoms with E-state index in [1.165, 1.54) is 5.56 Å². The summed E-state index contributed by atoms with van der Waals surface area (Å²) in [4.78, 5) is 12.0. The molecule has 0 aliphatic carbocycles. The molecule has 0 amide bonds. The third-order valence-corrected chi connectivity index (χ3v) is 4.69. The van der Waals surface area contributed by atoms with E-state index in [9.17, 15) is 0 Å². The summed E-state index contributed by atoms with van der Waals surface area (Å²) in [7, 11) is 1.72. The summed E-state index contributed by atoms with van der Waals surface area (Å²) in [6.45, 7) is 6.71. The lowest BCUT2D eigenvalue weighted by atomic mass is 10.2. The standard InChI is InChI=1S/C24H30N4O/c1-19(2)28(18-20-11-6-4-7-12-20)23-17-22(25-15-10-16-29-3)26-24(27-23)21-13-8-5-9-14-21/h4-9,11-14,17,19H,10,15-16,18H2,1-3H3,(H,25,26,27). The van der Waals surface area contributed by atoms with E-state index in [0.29, 0.717) is 6.04 Å². The van der Waals surface area contributed by atoms with Gasteiger partial charge in [0.2, 0.25) is 0 Å². The molecule has 0 bridgehead atoms. The van der Waals surface area contributed by atoms with Gasteiger partial charge in [-0.15, -0.1) is 0 Å². The number of rotatable bonds is 10. The molecule has 0 saturated heterocycles. The Morgan fingerprint density at radius 1 is 0.966 bits per heavy atom. The molecule has 0 radical (unpaired) electrons. The van der Waals surface area contributed by atoms with Crippen LogP contribution in [0.15, 0.2) is 66.7 Å². The zero-order chi connectivity index (χ0) is 20.5. The number of benzene rings is 2. The van der Waals surface area contributed by atoms with Crippen molar-refractivity contribution in [3.05, 3.63) is 72.3 Å². The third kappa shape index (κ3) is 6.03. The molecule has 0 fully saturated rings. The van der Waals surface area contributed by atoms with E-state index < -0.39 is 0 Å². The number of anilines is 2. The molecule has 3 aromatic rings. The van der Waals surface area contributed by atoms with E-state index in [-0.39, 0.29) is 0 Å². The lowest BCUT2D eigenvalue weighted by Gasteiger charge is -2.28. The highest BCUT2D eigenvalue weighted by Crippen LogP contribution is 2.25. The van der Waals surface area contributed by atoms with Crippen molar-refractivity contribution in [2.24, 2.45) is 0 Å². The predicted octanol–water partition coefficient (Wildman–Crippen LogP) is 5.01. The van der Waals surface area contributed by atoms with Crippen LogP contribution in [0.2, 0.25) is 0 Å². The van der Waals surface area contributed by atoms with Crippen LogP contribution in [0.25, 0.3) is 11.4 Å². The molecular weight excluding hydrogens is 360 g/mol. The fraction of sp³-hybridized carbons (Fsp3) is 0.333. The average Bonchev–Trinajstić information content (AvgIpc) is 2.76. The minimum absolute atomic E-state index is 0.301. The van der Waals surface area contributed by atoms with Gasteiger partial charge in [0.05, 0.1) is 0 Å². The van der Waals surface area contributed by atoms with Crippen LogP contribution in [0.1, 0.15) is 25.8 Å². The first-order valence-electron chi connectivity index (χ1n) is 10.1. The second-order valence-corrected chi connectivity index (χ2v) is 7.28. The Morgan fingerprint density at radius 2 is 1.66 bits per heavy atom. The molecular formula is C24H30N4O. The van der Waals surface area contributed by atoms with E-state index in [0.717, 1.165) is 49.1 Å². The van der Waals surface area contributed by atoms with Gasteiger partial charge in [-0.05, 0) is 25.8 Å². The van der Waals surface area contributed by atoms with E-state index in [1.54, 1.807) is 7.11 Å². The lowest BCUT2D eigenvalue weighted by Crippen LogP contribution is -2.31. The number of hydrogen-bond donors (Lipinski definition) is 1. The minimum Gasteiger partial charge on any atom is -0.385 e. The number of ether oxygens (including phenoxy) is 1. The molecule has 0 aliphatic rings. The van der Waals surface area contributed by atoms with Gasteiger partial charge in [-0.2, -0.15) is 0 Å². The van der Waals surface area contributed by atoms with Crippen molar-refractivity contribution in [3.63, 3.8) is 0 Å². The Hall–Kier alpha value is -2.92. The smallest absolute Gasteiger partial charge is 0.163 e. The SMILES string of the molecule is COCCCNc1cc(N(Cc2ccccc2)C(C)C)nc(-c2ccccc2)n1. The Balaban J connectivity index is 1.93. The maximum absolute atomic E-state index is 5.15. The van der Waals surface area contributed by atoms with Crippen molar-refractivity contribution in [2.45, 2.75) is 32.9 Å². The van der Waals surface area contributed by atoms with Crippen LogP contribution < -0.4 is 10.2 Å². The van der Waals surface area contributed by atoms with Crippen molar-refractivity contribution in [2.75, 3.05) is 30.5 Å². The topological polar surface area (TPSA) is 50.3 Å². The van der Waals surface area contributed by atoms with Crippen LogP contribution in [-0.4, -0.2) is 36.3 Å². The van der Waals surface area contributed by atoms with Gasteiger partial charge in [0.1, 0.15) is 11.6 Å². The number of methoxy groups -OCH3 is 1. The Kier molecular flexibility index (Phi) is 7.59. The summed E-state index contributed by atoms with van der Waals surface area (Å²) in [6, 6.07) is 23.0. The third-order valence-electron chi connectivity index (χ3n) is 4.69. The molecule has 29 heavy (non-hydrogen) atoms. The fourth-order valence-corrected chi connectivity index (χ4v) is 3.13. The molecule has 0 spiro atoms. The maximum Gasteiger partial charge on any atom is 0.163 e. The van der Waals surface area contributed by atoms with Crippen LogP contribution in [0.5, 0.6) is 0 Å². The molecule has 0 unspecified atom stereocenters. The highest BCUT2D eigenvalue weighted by atomic mass is 16.5. The van der Waals surface area contributed by atoms with E-state index in [4.69, 9.17) is 14.7 Å². The summed E-state index contributed by atoms with van der Waals surface area (Å²) in [5.74, 6) is 2.49. The largest absolute Gasteiger partial charge is 0.385 e. The van der Waals surface area contributed by atoms with Crippen LogP contribution in [0.3, 0.4) is 0 Å². The second kappa shape index (κ2) is 10.6. The van der Waals surface area contributed by atoms with Gasteiger partial charge in [-0.1, -0.05) is 60.7 Å². The fourth-order valence-electron chi connectivity index (χ4n) is 3.13. The minimum atomic E-state index is 0.301. The molecule has 0 aliphatic heterocycles. The summed E-state index contributed by atoms with van der Waals surface area (Å²) in [6.07, 6.45) is 0.925. The molecule has 152 valence electrons. The van der Waals surface area contributed by atoms with Gasteiger partial charge >= 0.3 is 0 Å². The molecule has 3 rings (SSSR count). The normalized spacial score (nSPS) is 10.9. The summed E-state index contributed by atoms with van der Waals surface area (Å²) >= 11 is 0. The molecule has 5 heteroatoms. The quantitative estimate of drug-likeness (QED) is 0.493. The molecule has 1 N–H and O–H groups in total. The molecule has 5 nitrogen and oxygen atoms in total. The Morgan fingerprint density at radius 3 is 2.31 bits per heavy atom. The number of nitrogens with zero attached hydrogens (tertiary/aromatic N) is 3. The van der Waals surface area contributed by atoms with Gasteiger partial charge in [0.15, 0.2) is 5.82 Å². The van der Waals surface area contributed by atoms with Crippen molar-refractivity contribution >= 4 is 11.6 Å². The first-order chi connectivity index (χ1) is 14.2. The van der Waals surface area contributed by atoms with Crippen LogP contribution in [0.4, 0.5) is 11.6 Å². The maximum atomic E-state index is 5.15. The van der Waals surface area contributed by atoms with Crippen molar-refractivity contribution in [1.82, 2.24) is 9.97 Å². The molecule has 1 aromatic heterocycles. The van der Waals surface area contributed by atoms with Crippen LogP contribution in [-0.2, 0) is 11.3 Å². The number of aromatic nitrogens is 2. The van der Waals surface area contributed by atoms with Crippen molar-refractivity contribution in [3.8, 4) is 11.4 Å². The lowest BCUT2D eigenvalue weighted by molar-refractivity contribution is 0.198. The average molecular weight is 391 g/mol. The van der Waals surface area contributed by atoms with Crippen molar-refractivity contribution in [1.29, 1.82) is 0 Å². The number of hydrogen-bond acceptors (Lipinski definition) is 5. The molecule has 1 heterocycles. The van der Waals surface area contributed by atoms with Gasteiger partial charge in [-0.3, -0.25) is 0 Å². The van der Waals surface area contributed by atoms with E-state index >= 15 is 0 Å². The molecule has 0 saturated carbocycles. The molecule has 0 atom stereocenters. The van der Waals surface area contributed by atoms with Gasteiger partial charge in [0, 0.05) is 44.5 Å². The first-order valence-corrected chi connectivity index (χ1v) is 10.1. The van der Waals surface area contributed by atoms with Gasteiger partial charge < -0.3 is 15.0 Å². The van der Waals surface area contributed by atoms with Crippen LogP contribution >= 0.6 is 0 Å². The highest BCUT2D eigenvalue weighted by molar-refractivity contribution is 5.62.